The predicted octanol–water partition coefficient (Wildman–Crippen LogP) is 4.19. The number of hydrogen-bond donors (Lipinski definition) is 1. The van der Waals surface area contributed by atoms with Crippen molar-refractivity contribution in [3.63, 3.8) is 0 Å². The molecule has 4 rings (SSSR count). The number of carbonyl (C=O) groups is 1. The number of carbonyl (C=O) groups excluding carboxylic acids is 1. The number of rotatable bonds is 4. The number of likely N-dealkylation sites (tertiary alicyclic amines) is 1. The molecule has 1 atom stereocenters. The van der Waals surface area contributed by atoms with Gasteiger partial charge in [-0.25, -0.2) is 4.79 Å². The van der Waals surface area contributed by atoms with Crippen LogP contribution in [-0.4, -0.2) is 36.2 Å². The van der Waals surface area contributed by atoms with Crippen molar-refractivity contribution in [1.82, 2.24) is 4.90 Å². The van der Waals surface area contributed by atoms with Crippen LogP contribution in [-0.2, 0) is 11.3 Å². The number of ether oxygens (including phenoxy) is 2. The van der Waals surface area contributed by atoms with Crippen LogP contribution in [0.2, 0.25) is 5.02 Å². The zero-order chi connectivity index (χ0) is 19.6. The molecule has 2 fully saturated rings. The van der Waals surface area contributed by atoms with Gasteiger partial charge in [0.2, 0.25) is 0 Å². The molecule has 7 heteroatoms. The van der Waals surface area contributed by atoms with Gasteiger partial charge in [0.05, 0.1) is 28.8 Å². The van der Waals surface area contributed by atoms with Crippen molar-refractivity contribution in [3.8, 4) is 11.8 Å². The second-order valence-electron chi connectivity index (χ2n) is 7.10. The zero-order valence-electron chi connectivity index (χ0n) is 15.3. The quantitative estimate of drug-likeness (QED) is 0.839. The second-order valence-corrected chi connectivity index (χ2v) is 7.51. The standard InChI is InChI=1S/C21H20ClN3O3/c22-18-11-17(24-20(26)25-8-6-21(25)7-9-27-14-21)4-5-19(18)28-13-16-3-1-2-15(10-16)12-23/h1-5,10-11H,6-9,13-14H2,(H,24,26). The van der Waals surface area contributed by atoms with Crippen molar-refractivity contribution in [2.45, 2.75) is 25.0 Å². The molecule has 1 spiro atoms. The van der Waals surface area contributed by atoms with Crippen LogP contribution in [0.3, 0.4) is 0 Å². The van der Waals surface area contributed by atoms with Gasteiger partial charge < -0.3 is 19.7 Å². The van der Waals surface area contributed by atoms with Crippen molar-refractivity contribution >= 4 is 23.3 Å². The lowest BCUT2D eigenvalue weighted by Gasteiger charge is -2.49. The molecular weight excluding hydrogens is 378 g/mol. The van der Waals surface area contributed by atoms with Gasteiger partial charge in [-0.15, -0.1) is 0 Å². The minimum absolute atomic E-state index is 0.130. The van der Waals surface area contributed by atoms with E-state index < -0.39 is 0 Å². The molecule has 2 aliphatic rings. The number of anilines is 1. The van der Waals surface area contributed by atoms with E-state index in [-0.39, 0.29) is 11.6 Å². The summed E-state index contributed by atoms with van der Waals surface area (Å²) in [4.78, 5) is 14.4. The molecular formula is C21H20ClN3O3. The number of benzene rings is 2. The van der Waals surface area contributed by atoms with Crippen LogP contribution in [0.4, 0.5) is 10.5 Å². The average Bonchev–Trinajstić information content (AvgIpc) is 3.19. The van der Waals surface area contributed by atoms with E-state index >= 15 is 0 Å². The largest absolute Gasteiger partial charge is 0.487 e. The summed E-state index contributed by atoms with van der Waals surface area (Å²) in [5, 5.41) is 12.3. The number of halogens is 1. The number of hydrogen-bond acceptors (Lipinski definition) is 4. The summed E-state index contributed by atoms with van der Waals surface area (Å²) >= 11 is 6.32. The lowest BCUT2D eigenvalue weighted by atomic mass is 9.84. The lowest BCUT2D eigenvalue weighted by molar-refractivity contribution is 0.0197. The van der Waals surface area contributed by atoms with Crippen LogP contribution < -0.4 is 10.1 Å². The summed E-state index contributed by atoms with van der Waals surface area (Å²) in [6, 6.07) is 14.4. The maximum atomic E-state index is 12.6. The van der Waals surface area contributed by atoms with Crippen molar-refractivity contribution in [2.24, 2.45) is 0 Å². The minimum Gasteiger partial charge on any atom is -0.487 e. The fraction of sp³-hybridized carbons (Fsp3) is 0.333. The van der Waals surface area contributed by atoms with Crippen molar-refractivity contribution in [3.05, 3.63) is 58.6 Å². The van der Waals surface area contributed by atoms with Gasteiger partial charge in [-0.3, -0.25) is 0 Å². The minimum atomic E-state index is -0.130. The Bertz CT molecular complexity index is 935. The fourth-order valence-electron chi connectivity index (χ4n) is 3.64. The SMILES string of the molecule is N#Cc1cccc(COc2ccc(NC(=O)N3CCC34CCOC4)cc2Cl)c1. The molecule has 2 heterocycles. The van der Waals surface area contributed by atoms with Gasteiger partial charge >= 0.3 is 6.03 Å². The molecule has 2 aromatic rings. The summed E-state index contributed by atoms with van der Waals surface area (Å²) in [5.74, 6) is 0.520. The Morgan fingerprint density at radius 1 is 1.32 bits per heavy atom. The molecule has 28 heavy (non-hydrogen) atoms. The first-order valence-corrected chi connectivity index (χ1v) is 9.55. The molecule has 144 valence electrons. The van der Waals surface area contributed by atoms with Crippen LogP contribution in [0.1, 0.15) is 24.0 Å². The number of nitrogens with one attached hydrogen (secondary N) is 1. The van der Waals surface area contributed by atoms with Crippen LogP contribution in [0.5, 0.6) is 5.75 Å². The second kappa shape index (κ2) is 7.70. The van der Waals surface area contributed by atoms with Gasteiger partial charge in [0.25, 0.3) is 0 Å². The molecule has 1 N–H and O–H groups in total. The Balaban J connectivity index is 1.37. The van der Waals surface area contributed by atoms with Gasteiger partial charge in [-0.1, -0.05) is 23.7 Å². The first-order chi connectivity index (χ1) is 13.6. The molecule has 0 bridgehead atoms. The summed E-state index contributed by atoms with van der Waals surface area (Å²) in [7, 11) is 0. The maximum absolute atomic E-state index is 12.6. The average molecular weight is 398 g/mol. The Hall–Kier alpha value is -2.75. The van der Waals surface area contributed by atoms with Crippen LogP contribution in [0.25, 0.3) is 0 Å². The summed E-state index contributed by atoms with van der Waals surface area (Å²) in [6.45, 7) is 2.36. The van der Waals surface area contributed by atoms with E-state index in [0.29, 0.717) is 41.8 Å². The van der Waals surface area contributed by atoms with Gasteiger partial charge in [0.15, 0.2) is 0 Å². The smallest absolute Gasteiger partial charge is 0.322 e. The third-order valence-electron chi connectivity index (χ3n) is 5.33. The van der Waals surface area contributed by atoms with E-state index in [1.54, 1.807) is 30.3 Å². The maximum Gasteiger partial charge on any atom is 0.322 e. The van der Waals surface area contributed by atoms with Crippen LogP contribution in [0, 0.1) is 11.3 Å². The van der Waals surface area contributed by atoms with E-state index in [1.165, 1.54) is 0 Å². The number of nitrogens with zero attached hydrogens (tertiary/aromatic N) is 2. The van der Waals surface area contributed by atoms with Gasteiger partial charge in [-0.2, -0.15) is 5.26 Å². The normalized spacial score (nSPS) is 20.5. The molecule has 0 aliphatic carbocycles. The molecule has 0 saturated carbocycles. The molecule has 2 aromatic carbocycles. The summed E-state index contributed by atoms with van der Waals surface area (Å²) in [6.07, 6.45) is 1.88. The molecule has 0 radical (unpaired) electrons. The van der Waals surface area contributed by atoms with Crippen molar-refractivity contribution < 1.29 is 14.3 Å². The molecule has 6 nitrogen and oxygen atoms in total. The van der Waals surface area contributed by atoms with Gasteiger partial charge in [-0.05, 0) is 48.7 Å². The Labute approximate surface area is 168 Å². The van der Waals surface area contributed by atoms with E-state index in [4.69, 9.17) is 26.3 Å². The summed E-state index contributed by atoms with van der Waals surface area (Å²) in [5.41, 5.74) is 1.96. The monoisotopic (exact) mass is 397 g/mol. The number of nitriles is 1. The Kier molecular flexibility index (Phi) is 5.12. The molecule has 2 saturated heterocycles. The Morgan fingerprint density at radius 2 is 2.21 bits per heavy atom. The first kappa shape index (κ1) is 18.6. The molecule has 1 unspecified atom stereocenters. The fourth-order valence-corrected chi connectivity index (χ4v) is 3.88. The highest BCUT2D eigenvalue weighted by Crippen LogP contribution is 2.38. The highest BCUT2D eigenvalue weighted by atomic mass is 35.5. The molecule has 0 aromatic heterocycles. The Morgan fingerprint density at radius 3 is 2.89 bits per heavy atom. The van der Waals surface area contributed by atoms with E-state index in [0.717, 1.165) is 24.9 Å². The third-order valence-corrected chi connectivity index (χ3v) is 5.63. The number of urea groups is 1. The van der Waals surface area contributed by atoms with Crippen LogP contribution in [0.15, 0.2) is 42.5 Å². The van der Waals surface area contributed by atoms with Gasteiger partial charge in [0.1, 0.15) is 12.4 Å². The third kappa shape index (κ3) is 3.64. The number of amides is 2. The molecule has 2 amide bonds. The first-order valence-electron chi connectivity index (χ1n) is 9.17. The van der Waals surface area contributed by atoms with E-state index in [2.05, 4.69) is 11.4 Å². The predicted molar refractivity (Wildman–Crippen MR) is 105 cm³/mol. The van der Waals surface area contributed by atoms with E-state index in [9.17, 15) is 4.79 Å². The van der Waals surface area contributed by atoms with Crippen molar-refractivity contribution in [2.75, 3.05) is 25.1 Å². The molecule has 2 aliphatic heterocycles. The van der Waals surface area contributed by atoms with E-state index in [1.807, 2.05) is 17.0 Å². The summed E-state index contributed by atoms with van der Waals surface area (Å²) < 4.78 is 11.2. The lowest BCUT2D eigenvalue weighted by Crippen LogP contribution is -2.63. The van der Waals surface area contributed by atoms with Gasteiger partial charge in [0, 0.05) is 18.8 Å². The van der Waals surface area contributed by atoms with Crippen molar-refractivity contribution in [1.29, 1.82) is 5.26 Å². The topological polar surface area (TPSA) is 74.6 Å². The highest BCUT2D eigenvalue weighted by molar-refractivity contribution is 6.32. The zero-order valence-corrected chi connectivity index (χ0v) is 16.0. The van der Waals surface area contributed by atoms with Crippen LogP contribution >= 0.6 is 11.6 Å². The highest BCUT2D eigenvalue weighted by Gasteiger charge is 2.49.